The Hall–Kier alpha value is -6.20. The van der Waals surface area contributed by atoms with E-state index in [0.717, 1.165) is 72.0 Å². The maximum atomic E-state index is 6.64. The van der Waals surface area contributed by atoms with Crippen molar-refractivity contribution in [3.05, 3.63) is 140 Å². The number of fused-ring (bicyclic) bond motifs is 9. The molecule has 0 aliphatic heterocycles. The topological polar surface area (TPSA) is 57.0 Å². The molecule has 0 atom stereocenters. The van der Waals surface area contributed by atoms with Crippen molar-refractivity contribution in [3.8, 4) is 28.3 Å². The summed E-state index contributed by atoms with van der Waals surface area (Å²) in [7, 11) is 0. The van der Waals surface area contributed by atoms with Crippen molar-refractivity contribution >= 4 is 65.8 Å². The third-order valence-corrected chi connectivity index (χ3v) is 8.81. The number of rotatable bonds is 3. The number of hydrogen-bond donors (Lipinski definition) is 0. The average Bonchev–Trinajstić information content (AvgIpc) is 3.76. The summed E-state index contributed by atoms with van der Waals surface area (Å²) in [5.41, 5.74) is 9.93. The van der Waals surface area contributed by atoms with Crippen LogP contribution in [0.4, 0.5) is 0 Å². The van der Waals surface area contributed by atoms with Crippen molar-refractivity contribution < 1.29 is 8.83 Å². The van der Waals surface area contributed by atoms with Crippen LogP contribution in [0, 0.1) is 0 Å². The van der Waals surface area contributed by atoms with E-state index in [1.54, 1.807) is 0 Å². The Labute approximate surface area is 256 Å². The molecule has 10 aromatic rings. The zero-order chi connectivity index (χ0) is 29.5. The van der Waals surface area contributed by atoms with Gasteiger partial charge >= 0.3 is 0 Å². The summed E-state index contributed by atoms with van der Waals surface area (Å²) in [6, 6.07) is 47.9. The standard InChI is InChI=1S/C40H23N3O2/c1-3-11-24(12-4-1)37-39-38(42-40(41-37)25-13-5-2-6-14-25)29-20-19-26(21-35(29)45-39)43-32-17-9-7-15-27(32)30-22-31-28-16-8-10-18-34(28)44-36(31)23-33(30)43/h1-23H. The van der Waals surface area contributed by atoms with Gasteiger partial charge in [0.15, 0.2) is 11.4 Å². The monoisotopic (exact) mass is 577 g/mol. The Morgan fingerprint density at radius 1 is 0.444 bits per heavy atom. The predicted octanol–water partition coefficient (Wildman–Crippen LogP) is 10.7. The summed E-state index contributed by atoms with van der Waals surface area (Å²) in [5.74, 6) is 0.672. The lowest BCUT2D eigenvalue weighted by Gasteiger charge is -2.07. The molecule has 0 fully saturated rings. The number of para-hydroxylation sites is 2. The molecule has 4 aromatic heterocycles. The van der Waals surface area contributed by atoms with E-state index in [9.17, 15) is 0 Å². The molecule has 0 unspecified atom stereocenters. The Kier molecular flexibility index (Phi) is 4.93. The van der Waals surface area contributed by atoms with Gasteiger partial charge in [0.05, 0.1) is 11.0 Å². The zero-order valence-corrected chi connectivity index (χ0v) is 23.9. The van der Waals surface area contributed by atoms with Gasteiger partial charge in [0.2, 0.25) is 0 Å². The van der Waals surface area contributed by atoms with E-state index in [1.807, 2.05) is 60.7 Å². The number of hydrogen-bond acceptors (Lipinski definition) is 4. The van der Waals surface area contributed by atoms with Crippen LogP contribution in [0.25, 0.3) is 94.1 Å². The van der Waals surface area contributed by atoms with Crippen LogP contribution in [0.2, 0.25) is 0 Å². The molecule has 0 aliphatic carbocycles. The fraction of sp³-hybridized carbons (Fsp3) is 0. The van der Waals surface area contributed by atoms with Gasteiger partial charge in [0.25, 0.3) is 0 Å². The minimum atomic E-state index is 0.672. The zero-order valence-electron chi connectivity index (χ0n) is 23.9. The molecule has 6 aromatic carbocycles. The number of benzene rings is 6. The summed E-state index contributed by atoms with van der Waals surface area (Å²) in [5, 5.41) is 5.56. The van der Waals surface area contributed by atoms with Crippen LogP contribution in [-0.4, -0.2) is 14.5 Å². The number of furan rings is 2. The minimum Gasteiger partial charge on any atom is -0.456 e. The molecule has 5 heteroatoms. The Morgan fingerprint density at radius 2 is 1.16 bits per heavy atom. The summed E-state index contributed by atoms with van der Waals surface area (Å²) in [6.07, 6.45) is 0. The SMILES string of the molecule is c1ccc(-c2nc(-c3ccccc3)c3oc4cc(-n5c6ccccc6c6cc7c(cc65)oc5ccccc57)ccc4c3n2)cc1. The molecular formula is C40H23N3O2. The van der Waals surface area contributed by atoms with E-state index in [0.29, 0.717) is 11.4 Å². The third-order valence-electron chi connectivity index (χ3n) is 8.81. The smallest absolute Gasteiger partial charge is 0.180 e. The van der Waals surface area contributed by atoms with E-state index in [-0.39, 0.29) is 0 Å². The largest absolute Gasteiger partial charge is 0.456 e. The summed E-state index contributed by atoms with van der Waals surface area (Å²) in [6.45, 7) is 0. The van der Waals surface area contributed by atoms with Crippen LogP contribution in [-0.2, 0) is 0 Å². The molecule has 0 bridgehead atoms. The Bertz CT molecular complexity index is 2750. The van der Waals surface area contributed by atoms with Crippen LogP contribution in [0.1, 0.15) is 0 Å². The number of nitrogens with zero attached hydrogens (tertiary/aromatic N) is 3. The maximum Gasteiger partial charge on any atom is 0.180 e. The van der Waals surface area contributed by atoms with E-state index in [2.05, 4.69) is 83.4 Å². The number of aromatic nitrogens is 3. The van der Waals surface area contributed by atoms with Gasteiger partial charge in [-0.15, -0.1) is 0 Å². The fourth-order valence-electron chi connectivity index (χ4n) is 6.74. The summed E-state index contributed by atoms with van der Waals surface area (Å²) >= 11 is 0. The van der Waals surface area contributed by atoms with Gasteiger partial charge in [-0.1, -0.05) is 97.1 Å². The molecule has 4 heterocycles. The molecule has 0 radical (unpaired) electrons. The summed E-state index contributed by atoms with van der Waals surface area (Å²) in [4.78, 5) is 10.1. The molecule has 0 aliphatic rings. The van der Waals surface area contributed by atoms with E-state index < -0.39 is 0 Å². The maximum absolute atomic E-state index is 6.64. The molecule has 0 saturated carbocycles. The highest BCUT2D eigenvalue weighted by Crippen LogP contribution is 2.40. The van der Waals surface area contributed by atoms with Crippen molar-refractivity contribution in [3.63, 3.8) is 0 Å². The second-order valence-electron chi connectivity index (χ2n) is 11.4. The van der Waals surface area contributed by atoms with Crippen molar-refractivity contribution in [2.75, 3.05) is 0 Å². The summed E-state index contributed by atoms with van der Waals surface area (Å²) < 4.78 is 15.3. The van der Waals surface area contributed by atoms with Gasteiger partial charge in [-0.05, 0) is 30.3 Å². The first-order chi connectivity index (χ1) is 22.3. The molecule has 0 N–H and O–H groups in total. The Morgan fingerprint density at radius 3 is 2.00 bits per heavy atom. The van der Waals surface area contributed by atoms with Gasteiger partial charge in [-0.2, -0.15) is 0 Å². The van der Waals surface area contributed by atoms with E-state index in [4.69, 9.17) is 18.8 Å². The fourth-order valence-corrected chi connectivity index (χ4v) is 6.74. The molecule has 210 valence electrons. The van der Waals surface area contributed by atoms with Crippen LogP contribution in [0.15, 0.2) is 148 Å². The lowest BCUT2D eigenvalue weighted by atomic mass is 10.1. The second-order valence-corrected chi connectivity index (χ2v) is 11.4. The first kappa shape index (κ1) is 24.3. The highest BCUT2D eigenvalue weighted by molar-refractivity contribution is 6.17. The lowest BCUT2D eigenvalue weighted by Crippen LogP contribution is -1.94. The van der Waals surface area contributed by atoms with Gasteiger partial charge in [0, 0.05) is 55.9 Å². The predicted molar refractivity (Wildman–Crippen MR) is 182 cm³/mol. The van der Waals surface area contributed by atoms with Gasteiger partial charge in [-0.3, -0.25) is 0 Å². The first-order valence-corrected chi connectivity index (χ1v) is 15.0. The molecule has 10 rings (SSSR count). The van der Waals surface area contributed by atoms with E-state index in [1.165, 1.54) is 10.8 Å². The highest BCUT2D eigenvalue weighted by atomic mass is 16.3. The van der Waals surface area contributed by atoms with Crippen molar-refractivity contribution in [2.45, 2.75) is 0 Å². The van der Waals surface area contributed by atoms with Crippen molar-refractivity contribution in [2.24, 2.45) is 0 Å². The lowest BCUT2D eigenvalue weighted by molar-refractivity contribution is 0.667. The molecule has 45 heavy (non-hydrogen) atoms. The first-order valence-electron chi connectivity index (χ1n) is 15.0. The Balaban J connectivity index is 1.25. The normalized spacial score (nSPS) is 12.0. The third kappa shape index (κ3) is 3.55. The molecule has 0 saturated heterocycles. The minimum absolute atomic E-state index is 0.672. The second kappa shape index (κ2) is 9.15. The van der Waals surface area contributed by atoms with Crippen molar-refractivity contribution in [1.82, 2.24) is 14.5 Å². The molecular weight excluding hydrogens is 554 g/mol. The van der Waals surface area contributed by atoms with Crippen LogP contribution in [0.3, 0.4) is 0 Å². The van der Waals surface area contributed by atoms with E-state index >= 15 is 0 Å². The highest BCUT2D eigenvalue weighted by Gasteiger charge is 2.20. The van der Waals surface area contributed by atoms with Crippen LogP contribution in [0.5, 0.6) is 0 Å². The van der Waals surface area contributed by atoms with Crippen LogP contribution < -0.4 is 0 Å². The van der Waals surface area contributed by atoms with Gasteiger partial charge in [0.1, 0.15) is 28.0 Å². The van der Waals surface area contributed by atoms with Gasteiger partial charge in [-0.25, -0.2) is 9.97 Å². The van der Waals surface area contributed by atoms with Crippen LogP contribution >= 0.6 is 0 Å². The molecule has 0 spiro atoms. The van der Waals surface area contributed by atoms with Crippen molar-refractivity contribution in [1.29, 1.82) is 0 Å². The van der Waals surface area contributed by atoms with Gasteiger partial charge < -0.3 is 13.4 Å². The quantitative estimate of drug-likeness (QED) is 0.210. The molecule has 5 nitrogen and oxygen atoms in total. The molecule has 0 amide bonds. The average molecular weight is 578 g/mol.